The summed E-state index contributed by atoms with van der Waals surface area (Å²) >= 11 is 0. The van der Waals surface area contributed by atoms with Gasteiger partial charge in [0.1, 0.15) is 11.5 Å². The maximum atomic E-state index is 6.66. The zero-order valence-electron chi connectivity index (χ0n) is 32.7. The fraction of sp³-hybridized carbons (Fsp3) is 0.783. The van der Waals surface area contributed by atoms with Gasteiger partial charge in [-0.2, -0.15) is 0 Å². The van der Waals surface area contributed by atoms with E-state index in [2.05, 4.69) is 39.8 Å². The van der Waals surface area contributed by atoms with Gasteiger partial charge in [0.2, 0.25) is 0 Å². The summed E-state index contributed by atoms with van der Waals surface area (Å²) in [6, 6.07) is 4.72. The van der Waals surface area contributed by atoms with Crippen LogP contribution in [-0.4, -0.2) is 9.97 Å². The Balaban J connectivity index is 1.45. The number of unbranched alkanes of at least 4 members (excludes halogenated alkanes) is 10. The molecular formula is C46H76N2O. The van der Waals surface area contributed by atoms with Gasteiger partial charge < -0.3 is 4.74 Å². The minimum atomic E-state index is 0.788. The molecule has 2 aromatic rings. The maximum absolute atomic E-state index is 6.66. The van der Waals surface area contributed by atoms with Gasteiger partial charge in [0.05, 0.1) is 12.4 Å². The van der Waals surface area contributed by atoms with E-state index in [0.29, 0.717) is 0 Å². The molecule has 0 bridgehead atoms. The first-order valence-electron chi connectivity index (χ1n) is 21.7. The Morgan fingerprint density at radius 3 is 1.22 bits per heavy atom. The predicted octanol–water partition coefficient (Wildman–Crippen LogP) is 14.4. The third-order valence-electron chi connectivity index (χ3n) is 12.2. The maximum Gasteiger partial charge on any atom is 0.146 e. The van der Waals surface area contributed by atoms with Gasteiger partial charge in [0, 0.05) is 11.4 Å². The molecule has 2 aromatic heterocycles. The number of hydrogen-bond donors (Lipinski definition) is 0. The smallest absolute Gasteiger partial charge is 0.146 e. The van der Waals surface area contributed by atoms with E-state index in [1.54, 1.807) is 0 Å². The van der Waals surface area contributed by atoms with Crippen LogP contribution < -0.4 is 4.74 Å². The van der Waals surface area contributed by atoms with E-state index in [-0.39, 0.29) is 0 Å². The summed E-state index contributed by atoms with van der Waals surface area (Å²) in [7, 11) is 0. The molecule has 3 nitrogen and oxygen atoms in total. The topological polar surface area (TPSA) is 35.0 Å². The lowest BCUT2D eigenvalue weighted by molar-refractivity contribution is 0.258. The van der Waals surface area contributed by atoms with Crippen molar-refractivity contribution in [2.24, 2.45) is 23.7 Å². The largest absolute Gasteiger partial charge is 0.454 e. The van der Waals surface area contributed by atoms with Crippen LogP contribution in [0.3, 0.4) is 0 Å². The second kappa shape index (κ2) is 23.6. The summed E-state index contributed by atoms with van der Waals surface area (Å²) in [5.74, 6) is 5.29. The number of aryl methyl sites for hydroxylation is 2. The van der Waals surface area contributed by atoms with E-state index < -0.39 is 0 Å². The van der Waals surface area contributed by atoms with E-state index in [9.17, 15) is 0 Å². The lowest BCUT2D eigenvalue weighted by atomic mass is 9.77. The van der Waals surface area contributed by atoms with Crippen molar-refractivity contribution < 1.29 is 4.74 Å². The second-order valence-corrected chi connectivity index (χ2v) is 16.5. The first-order valence-corrected chi connectivity index (χ1v) is 21.7. The average Bonchev–Trinajstić information content (AvgIpc) is 3.12. The molecule has 0 saturated heterocycles. The van der Waals surface area contributed by atoms with E-state index in [1.807, 2.05) is 12.4 Å². The Labute approximate surface area is 303 Å². The molecule has 4 rings (SSSR count). The minimum absolute atomic E-state index is 0.788. The summed E-state index contributed by atoms with van der Waals surface area (Å²) in [6.45, 7) is 9.27. The highest BCUT2D eigenvalue weighted by atomic mass is 16.5. The zero-order valence-corrected chi connectivity index (χ0v) is 32.7. The van der Waals surface area contributed by atoms with E-state index in [4.69, 9.17) is 14.7 Å². The van der Waals surface area contributed by atoms with E-state index in [1.165, 1.54) is 177 Å². The SMILES string of the molecule is CCCCCCCc1ncc(Oc2cnc(CCCCCCC)c(CC3CCC(CCCC)CC3)c2)cc1CC1CCC(CCCC)CC1. The molecule has 0 spiro atoms. The molecule has 0 unspecified atom stereocenters. The lowest BCUT2D eigenvalue weighted by Gasteiger charge is -2.29. The van der Waals surface area contributed by atoms with Gasteiger partial charge in [0.15, 0.2) is 0 Å². The van der Waals surface area contributed by atoms with Crippen molar-refractivity contribution in [1.29, 1.82) is 0 Å². The molecule has 2 heterocycles. The normalized spacial score (nSPS) is 21.2. The van der Waals surface area contributed by atoms with Crippen molar-refractivity contribution in [2.75, 3.05) is 0 Å². The third-order valence-corrected chi connectivity index (χ3v) is 12.2. The zero-order chi connectivity index (χ0) is 34.5. The Morgan fingerprint density at radius 2 is 0.837 bits per heavy atom. The fourth-order valence-corrected chi connectivity index (χ4v) is 8.93. The van der Waals surface area contributed by atoms with Crippen LogP contribution >= 0.6 is 0 Å². The first-order chi connectivity index (χ1) is 24.1. The highest BCUT2D eigenvalue weighted by molar-refractivity contribution is 5.36. The molecule has 2 saturated carbocycles. The van der Waals surface area contributed by atoms with Crippen molar-refractivity contribution >= 4 is 0 Å². The van der Waals surface area contributed by atoms with E-state index >= 15 is 0 Å². The van der Waals surface area contributed by atoms with Crippen LogP contribution in [-0.2, 0) is 25.7 Å². The molecule has 49 heavy (non-hydrogen) atoms. The monoisotopic (exact) mass is 673 g/mol. The lowest BCUT2D eigenvalue weighted by Crippen LogP contribution is -2.17. The number of hydrogen-bond acceptors (Lipinski definition) is 3. The molecule has 0 N–H and O–H groups in total. The van der Waals surface area contributed by atoms with Gasteiger partial charge >= 0.3 is 0 Å². The number of rotatable bonds is 24. The molecule has 0 atom stereocenters. The van der Waals surface area contributed by atoms with Crippen molar-refractivity contribution in [3.8, 4) is 11.5 Å². The van der Waals surface area contributed by atoms with Gasteiger partial charge in [-0.05, 0) is 111 Å². The molecule has 0 amide bonds. The summed E-state index contributed by atoms with van der Waals surface area (Å²) in [6.07, 6.45) is 41.2. The molecule has 2 aliphatic rings. The fourth-order valence-electron chi connectivity index (χ4n) is 8.93. The summed E-state index contributed by atoms with van der Waals surface area (Å²) in [4.78, 5) is 10.2. The van der Waals surface area contributed by atoms with E-state index in [0.717, 1.165) is 60.9 Å². The van der Waals surface area contributed by atoms with Crippen molar-refractivity contribution in [3.05, 3.63) is 47.0 Å². The Bertz CT molecular complexity index is 1050. The highest BCUT2D eigenvalue weighted by Crippen LogP contribution is 2.37. The average molecular weight is 673 g/mol. The van der Waals surface area contributed by atoms with Crippen molar-refractivity contribution in [2.45, 2.75) is 207 Å². The van der Waals surface area contributed by atoms with Crippen molar-refractivity contribution in [1.82, 2.24) is 9.97 Å². The quantitative estimate of drug-likeness (QED) is 0.104. The third kappa shape index (κ3) is 14.7. The van der Waals surface area contributed by atoms with Gasteiger partial charge in [0.25, 0.3) is 0 Å². The van der Waals surface area contributed by atoms with Gasteiger partial charge in [-0.1, -0.05) is 143 Å². The van der Waals surface area contributed by atoms with Crippen LogP contribution in [0.25, 0.3) is 0 Å². The summed E-state index contributed by atoms with van der Waals surface area (Å²) in [5.41, 5.74) is 5.54. The number of nitrogens with zero attached hydrogens (tertiary/aromatic N) is 2. The second-order valence-electron chi connectivity index (χ2n) is 16.5. The van der Waals surface area contributed by atoms with Crippen LogP contribution in [0.2, 0.25) is 0 Å². The standard InChI is InChI=1S/C46H76N2O/c1-5-9-13-15-17-21-45-41(31-39-27-23-37(24-28-39)19-11-7-3)33-43(35-47-45)49-44-34-42(46(48-36-44)22-18-16-14-10-6-2)32-40-29-25-38(26-30-40)20-12-8-4/h33-40H,5-32H2,1-4H3. The van der Waals surface area contributed by atoms with Crippen LogP contribution in [0.5, 0.6) is 11.5 Å². The number of ether oxygens (including phenoxy) is 1. The first kappa shape index (κ1) is 39.9. The molecule has 0 aliphatic heterocycles. The minimum Gasteiger partial charge on any atom is -0.454 e. The Morgan fingerprint density at radius 1 is 0.469 bits per heavy atom. The molecule has 276 valence electrons. The molecular weight excluding hydrogens is 597 g/mol. The van der Waals surface area contributed by atoms with Crippen LogP contribution in [0, 0.1) is 23.7 Å². The van der Waals surface area contributed by atoms with Crippen LogP contribution in [0.4, 0.5) is 0 Å². The van der Waals surface area contributed by atoms with Gasteiger partial charge in [-0.15, -0.1) is 0 Å². The van der Waals surface area contributed by atoms with Crippen molar-refractivity contribution in [3.63, 3.8) is 0 Å². The summed E-state index contributed by atoms with van der Waals surface area (Å²) in [5, 5.41) is 0. The number of pyridine rings is 2. The molecule has 2 aliphatic carbocycles. The van der Waals surface area contributed by atoms with Gasteiger partial charge in [-0.25, -0.2) is 0 Å². The molecule has 2 fully saturated rings. The molecule has 0 aromatic carbocycles. The van der Waals surface area contributed by atoms with Crippen LogP contribution in [0.1, 0.15) is 204 Å². The molecule has 3 heteroatoms. The summed E-state index contributed by atoms with van der Waals surface area (Å²) < 4.78 is 6.66. The Hall–Kier alpha value is -1.90. The number of aromatic nitrogens is 2. The van der Waals surface area contributed by atoms with Gasteiger partial charge in [-0.3, -0.25) is 9.97 Å². The predicted molar refractivity (Wildman–Crippen MR) is 211 cm³/mol. The Kier molecular flexibility index (Phi) is 19.2. The highest BCUT2D eigenvalue weighted by Gasteiger charge is 2.24. The molecule has 0 radical (unpaired) electrons. The van der Waals surface area contributed by atoms with Crippen LogP contribution in [0.15, 0.2) is 24.5 Å².